The van der Waals surface area contributed by atoms with Crippen LogP contribution in [0.3, 0.4) is 0 Å². The minimum absolute atomic E-state index is 0.199. The van der Waals surface area contributed by atoms with Crippen molar-refractivity contribution in [3.05, 3.63) is 47.8 Å². The SMILES string of the molecule is CCC(CC)C(O)CNC(=O)c1cnn(-c2ccccc2)c1C. The molecule has 1 amide bonds. The normalized spacial score (nSPS) is 12.4. The summed E-state index contributed by atoms with van der Waals surface area (Å²) in [7, 11) is 0. The Kier molecular flexibility index (Phi) is 5.93. The van der Waals surface area contributed by atoms with Gasteiger partial charge in [-0.3, -0.25) is 4.79 Å². The number of aliphatic hydroxyl groups excluding tert-OH is 1. The molecule has 2 N–H and O–H groups in total. The standard InChI is InChI=1S/C18H25N3O2/c1-4-14(5-2)17(22)12-19-18(23)16-11-20-21(13(16)3)15-9-7-6-8-10-15/h6-11,14,17,22H,4-5,12H2,1-3H3,(H,19,23). The molecule has 23 heavy (non-hydrogen) atoms. The second-order valence-electron chi connectivity index (χ2n) is 5.74. The monoisotopic (exact) mass is 315 g/mol. The molecule has 1 atom stereocenters. The Hall–Kier alpha value is -2.14. The van der Waals surface area contributed by atoms with Gasteiger partial charge in [0.1, 0.15) is 0 Å². The fraction of sp³-hybridized carbons (Fsp3) is 0.444. The maximum atomic E-state index is 12.3. The number of hydrogen-bond donors (Lipinski definition) is 2. The number of rotatable bonds is 7. The van der Waals surface area contributed by atoms with Crippen LogP contribution in [0.2, 0.25) is 0 Å². The third kappa shape index (κ3) is 3.99. The number of hydrogen-bond acceptors (Lipinski definition) is 3. The molecule has 0 fully saturated rings. The molecule has 1 aromatic carbocycles. The Morgan fingerprint density at radius 3 is 2.52 bits per heavy atom. The van der Waals surface area contributed by atoms with Crippen LogP contribution >= 0.6 is 0 Å². The van der Waals surface area contributed by atoms with Gasteiger partial charge >= 0.3 is 0 Å². The number of carbonyl (C=O) groups is 1. The molecule has 0 spiro atoms. The van der Waals surface area contributed by atoms with Crippen molar-refractivity contribution in [3.63, 3.8) is 0 Å². The van der Waals surface area contributed by atoms with Gasteiger partial charge in [-0.2, -0.15) is 5.10 Å². The summed E-state index contributed by atoms with van der Waals surface area (Å²) in [5, 5.41) is 17.2. The Morgan fingerprint density at radius 1 is 1.26 bits per heavy atom. The van der Waals surface area contributed by atoms with Crippen LogP contribution < -0.4 is 5.32 Å². The lowest BCUT2D eigenvalue weighted by Gasteiger charge is -2.20. The highest BCUT2D eigenvalue weighted by Gasteiger charge is 2.19. The lowest BCUT2D eigenvalue weighted by molar-refractivity contribution is 0.0816. The minimum Gasteiger partial charge on any atom is -0.391 e. The average Bonchev–Trinajstić information content (AvgIpc) is 2.96. The molecule has 1 unspecified atom stereocenters. The summed E-state index contributed by atoms with van der Waals surface area (Å²) >= 11 is 0. The zero-order valence-electron chi connectivity index (χ0n) is 14.0. The number of aliphatic hydroxyl groups is 1. The molecule has 0 aliphatic rings. The van der Waals surface area contributed by atoms with Crippen LogP contribution in [0.5, 0.6) is 0 Å². The summed E-state index contributed by atoms with van der Waals surface area (Å²) < 4.78 is 1.74. The number of nitrogens with one attached hydrogen (secondary N) is 1. The second kappa shape index (κ2) is 7.92. The summed E-state index contributed by atoms with van der Waals surface area (Å²) in [6.45, 7) is 6.23. The molecular formula is C18H25N3O2. The highest BCUT2D eigenvalue weighted by molar-refractivity contribution is 5.95. The minimum atomic E-state index is -0.515. The van der Waals surface area contributed by atoms with Gasteiger partial charge in [0.2, 0.25) is 0 Å². The van der Waals surface area contributed by atoms with Crippen molar-refractivity contribution >= 4 is 5.91 Å². The van der Waals surface area contributed by atoms with Gasteiger partial charge in [-0.05, 0) is 25.0 Å². The van der Waals surface area contributed by atoms with Gasteiger partial charge in [0.15, 0.2) is 0 Å². The van der Waals surface area contributed by atoms with E-state index in [4.69, 9.17) is 0 Å². The largest absolute Gasteiger partial charge is 0.391 e. The van der Waals surface area contributed by atoms with E-state index < -0.39 is 6.10 Å². The van der Waals surface area contributed by atoms with E-state index in [1.165, 1.54) is 0 Å². The first-order valence-electron chi connectivity index (χ1n) is 8.14. The predicted octanol–water partition coefficient (Wildman–Crippen LogP) is 2.71. The van der Waals surface area contributed by atoms with E-state index in [1.54, 1.807) is 10.9 Å². The Bertz CT molecular complexity index is 633. The number of aromatic nitrogens is 2. The van der Waals surface area contributed by atoms with Crippen molar-refractivity contribution in [1.29, 1.82) is 0 Å². The van der Waals surface area contributed by atoms with Crippen molar-refractivity contribution in [2.45, 2.75) is 39.7 Å². The maximum absolute atomic E-state index is 12.3. The van der Waals surface area contributed by atoms with Crippen LogP contribution in [-0.2, 0) is 0 Å². The lowest BCUT2D eigenvalue weighted by atomic mass is 9.96. The number of nitrogens with zero attached hydrogens (tertiary/aromatic N) is 2. The first-order chi connectivity index (χ1) is 11.1. The molecule has 5 nitrogen and oxygen atoms in total. The Labute approximate surface area is 137 Å². The van der Waals surface area contributed by atoms with E-state index in [-0.39, 0.29) is 18.4 Å². The zero-order chi connectivity index (χ0) is 16.8. The van der Waals surface area contributed by atoms with E-state index in [0.717, 1.165) is 24.2 Å². The number of para-hydroxylation sites is 1. The van der Waals surface area contributed by atoms with E-state index >= 15 is 0 Å². The van der Waals surface area contributed by atoms with E-state index in [2.05, 4.69) is 10.4 Å². The zero-order valence-corrected chi connectivity index (χ0v) is 14.0. The molecule has 0 saturated heterocycles. The topological polar surface area (TPSA) is 67.2 Å². The van der Waals surface area contributed by atoms with Crippen LogP contribution in [0.4, 0.5) is 0 Å². The molecule has 2 aromatic rings. The molecule has 124 valence electrons. The van der Waals surface area contributed by atoms with Crippen molar-refractivity contribution in [1.82, 2.24) is 15.1 Å². The molecule has 1 heterocycles. The summed E-state index contributed by atoms with van der Waals surface area (Å²) in [6, 6.07) is 9.69. The highest BCUT2D eigenvalue weighted by atomic mass is 16.3. The van der Waals surface area contributed by atoms with E-state index in [9.17, 15) is 9.90 Å². The van der Waals surface area contributed by atoms with Crippen LogP contribution in [-0.4, -0.2) is 33.4 Å². The van der Waals surface area contributed by atoms with Gasteiger partial charge in [0, 0.05) is 6.54 Å². The third-order valence-electron chi connectivity index (χ3n) is 4.32. The van der Waals surface area contributed by atoms with E-state index in [1.807, 2.05) is 51.1 Å². The summed E-state index contributed by atoms with van der Waals surface area (Å²) in [6.07, 6.45) is 2.86. The van der Waals surface area contributed by atoms with Crippen LogP contribution in [0.1, 0.15) is 42.7 Å². The van der Waals surface area contributed by atoms with Crippen molar-refractivity contribution in [3.8, 4) is 5.69 Å². The van der Waals surface area contributed by atoms with Crippen LogP contribution in [0.25, 0.3) is 5.69 Å². The maximum Gasteiger partial charge on any atom is 0.254 e. The highest BCUT2D eigenvalue weighted by Crippen LogP contribution is 2.15. The fourth-order valence-electron chi connectivity index (χ4n) is 2.75. The van der Waals surface area contributed by atoms with Gasteiger partial charge in [-0.1, -0.05) is 44.9 Å². The Morgan fingerprint density at radius 2 is 1.91 bits per heavy atom. The second-order valence-corrected chi connectivity index (χ2v) is 5.74. The lowest BCUT2D eigenvalue weighted by Crippen LogP contribution is -2.36. The summed E-state index contributed by atoms with van der Waals surface area (Å²) in [5.41, 5.74) is 2.23. The summed E-state index contributed by atoms with van der Waals surface area (Å²) in [5.74, 6) is 0.0122. The number of benzene rings is 1. The molecule has 0 radical (unpaired) electrons. The third-order valence-corrected chi connectivity index (χ3v) is 4.32. The van der Waals surface area contributed by atoms with Gasteiger partial charge < -0.3 is 10.4 Å². The van der Waals surface area contributed by atoms with Crippen LogP contribution in [0, 0.1) is 12.8 Å². The Balaban J connectivity index is 2.05. The van der Waals surface area contributed by atoms with Gasteiger partial charge in [-0.15, -0.1) is 0 Å². The molecule has 2 rings (SSSR count). The van der Waals surface area contributed by atoms with E-state index in [0.29, 0.717) is 5.56 Å². The first kappa shape index (κ1) is 17.2. The average molecular weight is 315 g/mol. The molecule has 0 bridgehead atoms. The molecule has 0 saturated carbocycles. The van der Waals surface area contributed by atoms with Gasteiger partial charge in [-0.25, -0.2) is 4.68 Å². The number of carbonyl (C=O) groups excluding carboxylic acids is 1. The first-order valence-corrected chi connectivity index (χ1v) is 8.14. The van der Waals surface area contributed by atoms with Gasteiger partial charge in [0.25, 0.3) is 5.91 Å². The molecule has 0 aliphatic heterocycles. The van der Waals surface area contributed by atoms with Gasteiger partial charge in [0.05, 0.1) is 29.2 Å². The molecular weight excluding hydrogens is 290 g/mol. The quantitative estimate of drug-likeness (QED) is 0.825. The predicted molar refractivity (Wildman–Crippen MR) is 90.7 cm³/mol. The van der Waals surface area contributed by atoms with Crippen LogP contribution in [0.15, 0.2) is 36.5 Å². The smallest absolute Gasteiger partial charge is 0.254 e. The molecule has 5 heteroatoms. The number of amides is 1. The van der Waals surface area contributed by atoms with Crippen molar-refractivity contribution in [2.75, 3.05) is 6.54 Å². The van der Waals surface area contributed by atoms with Crippen molar-refractivity contribution < 1.29 is 9.90 Å². The summed E-state index contributed by atoms with van der Waals surface area (Å²) in [4.78, 5) is 12.3. The van der Waals surface area contributed by atoms with Crippen molar-refractivity contribution in [2.24, 2.45) is 5.92 Å². The molecule has 0 aliphatic carbocycles. The fourth-order valence-corrected chi connectivity index (χ4v) is 2.75. The molecule has 1 aromatic heterocycles.